The van der Waals surface area contributed by atoms with Crippen molar-refractivity contribution < 1.29 is 19.1 Å². The first-order valence-electron chi connectivity index (χ1n) is 10.3. The van der Waals surface area contributed by atoms with Crippen molar-refractivity contribution in [3.63, 3.8) is 0 Å². The first-order valence-corrected chi connectivity index (χ1v) is 10.3. The number of anilines is 1. The predicted octanol–water partition coefficient (Wildman–Crippen LogP) is 4.85. The average molecular weight is 405 g/mol. The van der Waals surface area contributed by atoms with Gasteiger partial charge in [-0.2, -0.15) is 0 Å². The van der Waals surface area contributed by atoms with Gasteiger partial charge >= 0.3 is 0 Å². The minimum absolute atomic E-state index is 0.0123. The Morgan fingerprint density at radius 1 is 0.967 bits per heavy atom. The molecule has 0 N–H and O–H groups in total. The lowest BCUT2D eigenvalue weighted by Gasteiger charge is -2.39. The zero-order valence-corrected chi connectivity index (χ0v) is 18.0. The van der Waals surface area contributed by atoms with Crippen LogP contribution in [-0.2, 0) is 9.59 Å². The number of allylic oxidation sites excluding steroid dienone is 2. The summed E-state index contributed by atoms with van der Waals surface area (Å²) in [5, 5.41) is 0. The summed E-state index contributed by atoms with van der Waals surface area (Å²) in [6.07, 6.45) is 2.23. The highest BCUT2D eigenvalue weighted by molar-refractivity contribution is 6.07. The Morgan fingerprint density at radius 2 is 1.77 bits per heavy atom. The van der Waals surface area contributed by atoms with Gasteiger partial charge in [0.05, 0.1) is 19.9 Å². The molecule has 2 aliphatic rings. The average Bonchev–Trinajstić information content (AvgIpc) is 2.73. The molecule has 0 radical (unpaired) electrons. The van der Waals surface area contributed by atoms with Crippen molar-refractivity contribution in [1.29, 1.82) is 0 Å². The van der Waals surface area contributed by atoms with E-state index >= 15 is 0 Å². The highest BCUT2D eigenvalue weighted by Crippen LogP contribution is 2.46. The van der Waals surface area contributed by atoms with Gasteiger partial charge in [0.15, 0.2) is 5.78 Å². The van der Waals surface area contributed by atoms with Crippen LogP contribution in [0.3, 0.4) is 0 Å². The smallest absolute Gasteiger partial charge is 0.232 e. The number of Topliss-reactive ketones (excluding diaryl/α,β-unsaturated/α-hetero) is 1. The highest BCUT2D eigenvalue weighted by atomic mass is 16.5. The summed E-state index contributed by atoms with van der Waals surface area (Å²) in [4.78, 5) is 28.3. The van der Waals surface area contributed by atoms with Crippen LogP contribution >= 0.6 is 0 Å². The van der Waals surface area contributed by atoms with Crippen LogP contribution < -0.4 is 14.4 Å². The molecular formula is C25H27NO4. The maximum Gasteiger partial charge on any atom is 0.232 e. The van der Waals surface area contributed by atoms with Crippen LogP contribution in [0.25, 0.3) is 0 Å². The summed E-state index contributed by atoms with van der Waals surface area (Å²) in [6.45, 7) is 4.05. The normalized spacial score (nSPS) is 19.1. The maximum atomic E-state index is 13.4. The Morgan fingerprint density at radius 3 is 2.47 bits per heavy atom. The monoisotopic (exact) mass is 405 g/mol. The molecular weight excluding hydrogens is 378 g/mol. The molecule has 0 saturated heterocycles. The third-order valence-corrected chi connectivity index (χ3v) is 6.08. The van der Waals surface area contributed by atoms with E-state index < -0.39 is 0 Å². The van der Waals surface area contributed by atoms with Crippen molar-refractivity contribution in [3.05, 3.63) is 64.4 Å². The fraction of sp³-hybridized carbons (Fsp3) is 0.360. The molecule has 4 rings (SSSR count). The quantitative estimate of drug-likeness (QED) is 0.730. The number of ether oxygens (including phenoxy) is 2. The van der Waals surface area contributed by atoms with Crippen LogP contribution in [-0.4, -0.2) is 25.9 Å². The number of hydrogen-bond donors (Lipinski definition) is 0. The van der Waals surface area contributed by atoms with Crippen LogP contribution in [0, 0.1) is 13.8 Å². The molecule has 30 heavy (non-hydrogen) atoms. The molecule has 1 aliphatic carbocycles. The number of nitrogens with zero attached hydrogens (tertiary/aromatic N) is 1. The van der Waals surface area contributed by atoms with Crippen molar-refractivity contribution in [2.75, 3.05) is 19.1 Å². The fourth-order valence-electron chi connectivity index (χ4n) is 4.70. The minimum Gasteiger partial charge on any atom is -0.497 e. The second-order valence-corrected chi connectivity index (χ2v) is 8.02. The molecule has 5 nitrogen and oxygen atoms in total. The van der Waals surface area contributed by atoms with Crippen molar-refractivity contribution in [2.45, 2.75) is 45.4 Å². The van der Waals surface area contributed by atoms with Crippen LogP contribution in [0.15, 0.2) is 47.7 Å². The molecule has 0 fully saturated rings. The van der Waals surface area contributed by atoms with Crippen LogP contribution in [0.5, 0.6) is 11.5 Å². The number of aryl methyl sites for hydroxylation is 2. The van der Waals surface area contributed by atoms with Crippen LogP contribution in [0.1, 0.15) is 48.3 Å². The van der Waals surface area contributed by atoms with Gasteiger partial charge in [-0.3, -0.25) is 14.5 Å². The van der Waals surface area contributed by atoms with E-state index in [-0.39, 0.29) is 24.0 Å². The Labute approximate surface area is 177 Å². The van der Waals surface area contributed by atoms with Crippen LogP contribution in [0.4, 0.5) is 5.69 Å². The van der Waals surface area contributed by atoms with E-state index in [1.54, 1.807) is 19.1 Å². The summed E-state index contributed by atoms with van der Waals surface area (Å²) in [7, 11) is 3.20. The fourth-order valence-corrected chi connectivity index (χ4v) is 4.70. The third-order valence-electron chi connectivity index (χ3n) is 6.08. The van der Waals surface area contributed by atoms with Gasteiger partial charge < -0.3 is 9.47 Å². The van der Waals surface area contributed by atoms with Gasteiger partial charge in [-0.25, -0.2) is 0 Å². The molecule has 0 aromatic heterocycles. The molecule has 1 atom stereocenters. The number of ketones is 1. The highest BCUT2D eigenvalue weighted by Gasteiger charge is 2.41. The molecule has 2 aromatic carbocycles. The van der Waals surface area contributed by atoms with E-state index in [0.29, 0.717) is 17.9 Å². The number of hydrogen-bond acceptors (Lipinski definition) is 4. The molecule has 1 heterocycles. The van der Waals surface area contributed by atoms with Gasteiger partial charge in [0.25, 0.3) is 0 Å². The lowest BCUT2D eigenvalue weighted by atomic mass is 9.76. The minimum atomic E-state index is -0.303. The molecule has 156 valence electrons. The zero-order valence-electron chi connectivity index (χ0n) is 18.0. The molecule has 0 saturated carbocycles. The third kappa shape index (κ3) is 3.38. The Balaban J connectivity index is 1.88. The lowest BCUT2D eigenvalue weighted by Crippen LogP contribution is -2.41. The van der Waals surface area contributed by atoms with Gasteiger partial charge in [-0.15, -0.1) is 0 Å². The second-order valence-electron chi connectivity index (χ2n) is 8.02. The Kier molecular flexibility index (Phi) is 5.37. The Bertz CT molecular complexity index is 1050. The Hall–Kier alpha value is -3.08. The summed E-state index contributed by atoms with van der Waals surface area (Å²) in [5.74, 6) is 1.15. The maximum absolute atomic E-state index is 13.4. The summed E-state index contributed by atoms with van der Waals surface area (Å²) >= 11 is 0. The SMILES string of the molecule is COc1ccc(C2CC(=O)N(c3ccc(C)cc3C)C3=C2C(=O)CCC3)c(OC)c1. The second kappa shape index (κ2) is 7.98. The molecule has 2 aromatic rings. The molecule has 1 amide bonds. The van der Waals surface area contributed by atoms with E-state index in [1.165, 1.54) is 0 Å². The largest absolute Gasteiger partial charge is 0.497 e. The molecule has 1 unspecified atom stereocenters. The molecule has 0 spiro atoms. The number of carbonyl (C=O) groups is 2. The summed E-state index contributed by atoms with van der Waals surface area (Å²) < 4.78 is 10.9. The number of methoxy groups -OCH3 is 2. The number of carbonyl (C=O) groups excluding carboxylic acids is 2. The van der Waals surface area contributed by atoms with Crippen molar-refractivity contribution in [3.8, 4) is 11.5 Å². The first-order chi connectivity index (χ1) is 14.4. The zero-order chi connectivity index (χ0) is 21.4. The van der Waals surface area contributed by atoms with Gasteiger partial charge in [0.1, 0.15) is 11.5 Å². The number of amides is 1. The van der Waals surface area contributed by atoms with E-state index in [2.05, 4.69) is 6.07 Å². The molecule has 1 aliphatic heterocycles. The van der Waals surface area contributed by atoms with E-state index in [9.17, 15) is 9.59 Å². The summed E-state index contributed by atoms with van der Waals surface area (Å²) in [6, 6.07) is 11.6. The first kappa shape index (κ1) is 20.2. The standard InChI is InChI=1S/C25H27NO4/c1-15-8-11-20(16(2)12-15)26-21-6-5-7-22(27)25(21)19(14-24(26)28)18-10-9-17(29-3)13-23(18)30-4/h8-13,19H,5-7,14H2,1-4H3. The van der Waals surface area contributed by atoms with Gasteiger partial charge in [-0.1, -0.05) is 23.8 Å². The number of benzene rings is 2. The number of rotatable bonds is 4. The van der Waals surface area contributed by atoms with E-state index in [1.807, 2.05) is 44.2 Å². The van der Waals surface area contributed by atoms with Crippen LogP contribution in [0.2, 0.25) is 0 Å². The molecule has 0 bridgehead atoms. The topological polar surface area (TPSA) is 55.8 Å². The van der Waals surface area contributed by atoms with Gasteiger partial charge in [-0.05, 0) is 44.4 Å². The van der Waals surface area contributed by atoms with Gasteiger partial charge in [0.2, 0.25) is 5.91 Å². The van der Waals surface area contributed by atoms with Crippen molar-refractivity contribution in [1.82, 2.24) is 0 Å². The summed E-state index contributed by atoms with van der Waals surface area (Å²) in [5.41, 5.74) is 5.51. The van der Waals surface area contributed by atoms with E-state index in [0.717, 1.165) is 46.5 Å². The predicted molar refractivity (Wildman–Crippen MR) is 116 cm³/mol. The van der Waals surface area contributed by atoms with Crippen molar-refractivity contribution in [2.24, 2.45) is 0 Å². The van der Waals surface area contributed by atoms with E-state index in [4.69, 9.17) is 9.47 Å². The lowest BCUT2D eigenvalue weighted by molar-refractivity contribution is -0.119. The van der Waals surface area contributed by atoms with Crippen molar-refractivity contribution >= 4 is 17.4 Å². The molecule has 5 heteroatoms. The van der Waals surface area contributed by atoms with Gasteiger partial charge in [0, 0.05) is 41.7 Å².